The van der Waals surface area contributed by atoms with E-state index in [1.54, 1.807) is 14.2 Å². The van der Waals surface area contributed by atoms with Gasteiger partial charge >= 0.3 is 0 Å². The number of nitrogens with zero attached hydrogens (tertiary/aromatic N) is 3. The van der Waals surface area contributed by atoms with Crippen LogP contribution in [-0.4, -0.2) is 55.1 Å². The van der Waals surface area contributed by atoms with Crippen molar-refractivity contribution in [1.82, 2.24) is 20.0 Å². The number of benzene rings is 1. The van der Waals surface area contributed by atoms with Crippen LogP contribution >= 0.6 is 0 Å². The molecule has 2 heterocycles. The molecule has 8 nitrogen and oxygen atoms in total. The smallest absolute Gasteiger partial charge is 0.246 e. The molecule has 0 saturated heterocycles. The fourth-order valence-corrected chi connectivity index (χ4v) is 3.20. The van der Waals surface area contributed by atoms with Gasteiger partial charge < -0.3 is 19.5 Å². The summed E-state index contributed by atoms with van der Waals surface area (Å²) in [5, 5.41) is 7.38. The van der Waals surface area contributed by atoms with Gasteiger partial charge in [-0.1, -0.05) is 6.07 Å². The van der Waals surface area contributed by atoms with Crippen molar-refractivity contribution in [1.29, 1.82) is 0 Å². The Morgan fingerprint density at radius 2 is 2.04 bits per heavy atom. The quantitative estimate of drug-likeness (QED) is 0.748. The number of amides is 1. The molecule has 0 fully saturated rings. The summed E-state index contributed by atoms with van der Waals surface area (Å²) < 4.78 is 17.6. The Morgan fingerprint density at radius 1 is 1.19 bits per heavy atom. The molecule has 0 atom stereocenters. The topological polar surface area (TPSA) is 77.9 Å². The summed E-state index contributed by atoms with van der Waals surface area (Å²) in [6.45, 7) is 3.78. The highest BCUT2D eigenvalue weighted by Crippen LogP contribution is 2.27. The summed E-state index contributed by atoms with van der Waals surface area (Å²) in [5.41, 5.74) is 3.13. The lowest BCUT2D eigenvalue weighted by Crippen LogP contribution is -2.33. The van der Waals surface area contributed by atoms with Crippen LogP contribution in [0.2, 0.25) is 0 Å². The number of nitrogens with one attached hydrogen (secondary N) is 1. The third-order valence-corrected chi connectivity index (χ3v) is 4.56. The second-order valence-corrected chi connectivity index (χ2v) is 6.45. The maximum Gasteiger partial charge on any atom is 0.246 e. The number of hydrogen-bond donors (Lipinski definition) is 1. The number of ether oxygens (including phenoxy) is 3. The molecule has 0 unspecified atom stereocenters. The van der Waals surface area contributed by atoms with E-state index in [1.807, 2.05) is 28.9 Å². The van der Waals surface area contributed by atoms with Crippen molar-refractivity contribution in [2.24, 2.45) is 0 Å². The molecule has 3 rings (SSSR count). The van der Waals surface area contributed by atoms with Crippen molar-refractivity contribution >= 4 is 5.91 Å². The van der Waals surface area contributed by atoms with E-state index in [2.05, 4.69) is 15.3 Å². The van der Waals surface area contributed by atoms with Gasteiger partial charge in [-0.3, -0.25) is 14.4 Å². The highest BCUT2D eigenvalue weighted by molar-refractivity contribution is 5.77. The van der Waals surface area contributed by atoms with Gasteiger partial charge in [-0.15, -0.1) is 0 Å². The molecule has 0 aliphatic carbocycles. The molecule has 1 aliphatic rings. The van der Waals surface area contributed by atoms with Gasteiger partial charge in [0, 0.05) is 38.4 Å². The zero-order valence-corrected chi connectivity index (χ0v) is 16.0. The van der Waals surface area contributed by atoms with E-state index >= 15 is 0 Å². The van der Waals surface area contributed by atoms with Crippen molar-refractivity contribution < 1.29 is 19.0 Å². The highest BCUT2D eigenvalue weighted by Gasteiger charge is 2.20. The van der Waals surface area contributed by atoms with Crippen LogP contribution in [0, 0.1) is 0 Å². The van der Waals surface area contributed by atoms with Crippen LogP contribution in [0.3, 0.4) is 0 Å². The second kappa shape index (κ2) is 8.88. The van der Waals surface area contributed by atoms with Crippen molar-refractivity contribution in [3.8, 4) is 11.5 Å². The Kier molecular flexibility index (Phi) is 6.31. The molecule has 27 heavy (non-hydrogen) atoms. The van der Waals surface area contributed by atoms with Crippen molar-refractivity contribution in [2.75, 3.05) is 34.5 Å². The molecule has 1 aromatic carbocycles. The minimum Gasteiger partial charge on any atom is -0.497 e. The molecule has 146 valence electrons. The number of hydrogen-bond acceptors (Lipinski definition) is 6. The second-order valence-electron chi connectivity index (χ2n) is 6.45. The van der Waals surface area contributed by atoms with E-state index in [-0.39, 0.29) is 12.5 Å². The van der Waals surface area contributed by atoms with E-state index in [0.29, 0.717) is 6.54 Å². The van der Waals surface area contributed by atoms with Gasteiger partial charge in [-0.05, 0) is 12.1 Å². The number of rotatable bonds is 8. The Balaban J connectivity index is 1.62. The fraction of sp³-hybridized carbons (Fsp3) is 0.474. The first kappa shape index (κ1) is 19.2. The van der Waals surface area contributed by atoms with Gasteiger partial charge in [0.15, 0.2) is 0 Å². The lowest BCUT2D eigenvalue weighted by molar-refractivity contribution is -0.124. The normalized spacial score (nSPS) is 13.9. The zero-order valence-electron chi connectivity index (χ0n) is 16.0. The molecule has 0 bridgehead atoms. The van der Waals surface area contributed by atoms with Gasteiger partial charge in [0.1, 0.15) is 18.1 Å². The first-order valence-electron chi connectivity index (χ1n) is 8.87. The minimum atomic E-state index is -0.142. The van der Waals surface area contributed by atoms with Gasteiger partial charge in [0.2, 0.25) is 5.91 Å². The Labute approximate surface area is 159 Å². The van der Waals surface area contributed by atoms with E-state index in [4.69, 9.17) is 14.2 Å². The summed E-state index contributed by atoms with van der Waals surface area (Å²) in [4.78, 5) is 13.9. The first-order valence-corrected chi connectivity index (χ1v) is 8.87. The molecule has 8 heteroatoms. The summed E-state index contributed by atoms with van der Waals surface area (Å²) in [6.07, 6.45) is 0. The molecule has 0 saturated carbocycles. The fourth-order valence-electron chi connectivity index (χ4n) is 3.20. The van der Waals surface area contributed by atoms with Crippen molar-refractivity contribution in [3.05, 3.63) is 41.2 Å². The number of methoxy groups -OCH3 is 3. The van der Waals surface area contributed by atoms with Crippen LogP contribution < -0.4 is 14.8 Å². The maximum absolute atomic E-state index is 11.5. The summed E-state index contributed by atoms with van der Waals surface area (Å²) in [6, 6.07) is 7.95. The van der Waals surface area contributed by atoms with Gasteiger partial charge in [-0.2, -0.15) is 5.10 Å². The van der Waals surface area contributed by atoms with Crippen LogP contribution in [0.1, 0.15) is 17.0 Å². The SMILES string of the molecule is COCC(=O)NCc1cc2n(n1)CCN(Cc1ccc(OC)cc1OC)C2. The molecule has 0 radical (unpaired) electrons. The largest absolute Gasteiger partial charge is 0.497 e. The predicted molar refractivity (Wildman–Crippen MR) is 99.6 cm³/mol. The predicted octanol–water partition coefficient (Wildman–Crippen LogP) is 1.18. The number of aromatic nitrogens is 2. The van der Waals surface area contributed by atoms with Crippen LogP contribution in [0.5, 0.6) is 11.5 Å². The summed E-state index contributed by atoms with van der Waals surface area (Å²) in [7, 11) is 4.82. The maximum atomic E-state index is 11.5. The molecule has 2 aromatic rings. The molecular weight excluding hydrogens is 348 g/mol. The van der Waals surface area contributed by atoms with E-state index in [0.717, 1.165) is 54.6 Å². The van der Waals surface area contributed by atoms with E-state index in [9.17, 15) is 4.79 Å². The molecule has 1 aliphatic heterocycles. The zero-order chi connectivity index (χ0) is 19.2. The van der Waals surface area contributed by atoms with Crippen LogP contribution in [0.25, 0.3) is 0 Å². The molecule has 1 N–H and O–H groups in total. The van der Waals surface area contributed by atoms with Crippen LogP contribution in [0.4, 0.5) is 0 Å². The molecule has 1 amide bonds. The van der Waals surface area contributed by atoms with Crippen LogP contribution in [-0.2, 0) is 35.7 Å². The van der Waals surface area contributed by atoms with Crippen LogP contribution in [0.15, 0.2) is 24.3 Å². The standard InChI is InChI=1S/C19H26N4O4/c1-25-13-19(24)20-10-15-8-16-12-22(6-7-23(16)21-15)11-14-4-5-17(26-2)9-18(14)27-3/h4-5,8-9H,6-7,10-13H2,1-3H3,(H,20,24). The van der Waals surface area contributed by atoms with E-state index < -0.39 is 0 Å². The Bertz CT molecular complexity index is 790. The van der Waals surface area contributed by atoms with Crippen molar-refractivity contribution in [3.63, 3.8) is 0 Å². The molecule has 0 spiro atoms. The number of fused-ring (bicyclic) bond motifs is 1. The third-order valence-electron chi connectivity index (χ3n) is 4.56. The lowest BCUT2D eigenvalue weighted by Gasteiger charge is -2.28. The van der Waals surface area contributed by atoms with Gasteiger partial charge in [0.05, 0.1) is 38.7 Å². The number of carbonyl (C=O) groups is 1. The summed E-state index contributed by atoms with van der Waals surface area (Å²) >= 11 is 0. The number of carbonyl (C=O) groups excluding carboxylic acids is 1. The van der Waals surface area contributed by atoms with Gasteiger partial charge in [-0.25, -0.2) is 0 Å². The minimum absolute atomic E-state index is 0.0606. The average molecular weight is 374 g/mol. The first-order chi connectivity index (χ1) is 13.1. The molecular formula is C19H26N4O4. The molecule has 1 aromatic heterocycles. The summed E-state index contributed by atoms with van der Waals surface area (Å²) in [5.74, 6) is 1.47. The van der Waals surface area contributed by atoms with Gasteiger partial charge in [0.25, 0.3) is 0 Å². The average Bonchev–Trinajstić information content (AvgIpc) is 3.09. The highest BCUT2D eigenvalue weighted by atomic mass is 16.5. The van der Waals surface area contributed by atoms with E-state index in [1.165, 1.54) is 7.11 Å². The lowest BCUT2D eigenvalue weighted by atomic mass is 10.1. The Morgan fingerprint density at radius 3 is 2.78 bits per heavy atom. The Hall–Kier alpha value is -2.58. The monoisotopic (exact) mass is 374 g/mol. The van der Waals surface area contributed by atoms with Crippen molar-refractivity contribution in [2.45, 2.75) is 26.2 Å². The third kappa shape index (κ3) is 4.78.